The fraction of sp³-hybridized carbons (Fsp3) is 1.00. The first-order chi connectivity index (χ1) is 7.65. The van der Waals surface area contributed by atoms with E-state index in [9.17, 15) is 5.11 Å². The van der Waals surface area contributed by atoms with Crippen LogP contribution in [0.2, 0.25) is 0 Å². The number of ether oxygens (including phenoxy) is 1. The number of nitrogens with zero attached hydrogens (tertiary/aromatic N) is 1. The molecule has 3 nitrogen and oxygen atoms in total. The van der Waals surface area contributed by atoms with Gasteiger partial charge in [-0.15, -0.1) is 0 Å². The first kappa shape index (κ1) is 13.9. The number of aliphatic hydroxyl groups excluding tert-OH is 1. The third-order valence-electron chi connectivity index (χ3n) is 3.65. The maximum absolute atomic E-state index is 9.80. The van der Waals surface area contributed by atoms with Crippen molar-refractivity contribution in [1.82, 2.24) is 4.90 Å². The smallest absolute Gasteiger partial charge is 0.0900 e. The van der Waals surface area contributed by atoms with Crippen molar-refractivity contribution in [2.75, 3.05) is 26.8 Å². The van der Waals surface area contributed by atoms with Gasteiger partial charge < -0.3 is 14.7 Å². The van der Waals surface area contributed by atoms with E-state index in [1.165, 1.54) is 25.7 Å². The van der Waals surface area contributed by atoms with Crippen LogP contribution >= 0.6 is 0 Å². The molecule has 0 saturated heterocycles. The van der Waals surface area contributed by atoms with E-state index in [4.69, 9.17) is 4.74 Å². The molecule has 3 unspecified atom stereocenters. The Morgan fingerprint density at radius 2 is 2.06 bits per heavy atom. The van der Waals surface area contributed by atoms with Gasteiger partial charge in [0.15, 0.2) is 0 Å². The summed E-state index contributed by atoms with van der Waals surface area (Å²) in [6, 6.07) is 0.644. The molecule has 0 spiro atoms. The van der Waals surface area contributed by atoms with Gasteiger partial charge in [-0.2, -0.15) is 0 Å². The summed E-state index contributed by atoms with van der Waals surface area (Å²) in [5, 5.41) is 9.80. The molecular formula is C13H27NO2. The highest BCUT2D eigenvalue weighted by Gasteiger charge is 2.25. The summed E-state index contributed by atoms with van der Waals surface area (Å²) in [7, 11) is 2.13. The zero-order valence-corrected chi connectivity index (χ0v) is 11.0. The largest absolute Gasteiger partial charge is 0.389 e. The van der Waals surface area contributed by atoms with Crippen LogP contribution in [-0.2, 0) is 4.74 Å². The van der Waals surface area contributed by atoms with Crippen molar-refractivity contribution >= 4 is 0 Å². The summed E-state index contributed by atoms with van der Waals surface area (Å²) in [5.74, 6) is 0.762. The maximum atomic E-state index is 9.80. The Hall–Kier alpha value is -0.120. The second-order valence-electron chi connectivity index (χ2n) is 5.08. The van der Waals surface area contributed by atoms with Gasteiger partial charge in [0.1, 0.15) is 0 Å². The van der Waals surface area contributed by atoms with Crippen LogP contribution in [0.1, 0.15) is 39.5 Å². The molecule has 16 heavy (non-hydrogen) atoms. The fourth-order valence-corrected chi connectivity index (χ4v) is 2.73. The first-order valence-corrected chi connectivity index (χ1v) is 6.61. The SMILES string of the molecule is CCOCC(O)CN(C)C1CCCCC1C. The van der Waals surface area contributed by atoms with Gasteiger partial charge in [-0.25, -0.2) is 0 Å². The molecule has 96 valence electrons. The quantitative estimate of drug-likeness (QED) is 0.755. The predicted octanol–water partition coefficient (Wildman–Crippen LogP) is 1.89. The van der Waals surface area contributed by atoms with Gasteiger partial charge in [0.2, 0.25) is 0 Å². The summed E-state index contributed by atoms with van der Waals surface area (Å²) < 4.78 is 5.23. The van der Waals surface area contributed by atoms with Crippen LogP contribution in [0.3, 0.4) is 0 Å². The minimum Gasteiger partial charge on any atom is -0.389 e. The molecule has 0 amide bonds. The minimum absolute atomic E-state index is 0.348. The molecule has 1 saturated carbocycles. The van der Waals surface area contributed by atoms with E-state index in [-0.39, 0.29) is 6.10 Å². The van der Waals surface area contributed by atoms with E-state index < -0.39 is 0 Å². The van der Waals surface area contributed by atoms with Crippen LogP contribution in [0, 0.1) is 5.92 Å². The Morgan fingerprint density at radius 1 is 1.38 bits per heavy atom. The third-order valence-corrected chi connectivity index (χ3v) is 3.65. The zero-order valence-electron chi connectivity index (χ0n) is 11.0. The fourth-order valence-electron chi connectivity index (χ4n) is 2.73. The lowest BCUT2D eigenvalue weighted by atomic mass is 9.85. The van der Waals surface area contributed by atoms with Crippen LogP contribution in [0.25, 0.3) is 0 Å². The first-order valence-electron chi connectivity index (χ1n) is 6.61. The molecule has 1 rings (SSSR count). The molecule has 0 aliphatic heterocycles. The summed E-state index contributed by atoms with van der Waals surface area (Å²) in [6.07, 6.45) is 4.96. The topological polar surface area (TPSA) is 32.7 Å². The average molecular weight is 229 g/mol. The zero-order chi connectivity index (χ0) is 12.0. The maximum Gasteiger partial charge on any atom is 0.0900 e. The predicted molar refractivity (Wildman–Crippen MR) is 66.5 cm³/mol. The van der Waals surface area contributed by atoms with Crippen molar-refractivity contribution in [2.45, 2.75) is 51.7 Å². The van der Waals surface area contributed by atoms with E-state index in [0.29, 0.717) is 19.3 Å². The lowest BCUT2D eigenvalue weighted by molar-refractivity contribution is 0.00903. The van der Waals surface area contributed by atoms with Gasteiger partial charge in [-0.05, 0) is 32.7 Å². The van der Waals surface area contributed by atoms with Gasteiger partial charge >= 0.3 is 0 Å². The number of rotatable bonds is 6. The second kappa shape index (κ2) is 7.25. The molecule has 1 N–H and O–H groups in total. The standard InChI is InChI=1S/C13H27NO2/c1-4-16-10-12(15)9-14(3)13-8-6-5-7-11(13)2/h11-13,15H,4-10H2,1-3H3. The number of hydrogen-bond donors (Lipinski definition) is 1. The molecule has 0 radical (unpaired) electrons. The van der Waals surface area contributed by atoms with Crippen LogP contribution in [0.15, 0.2) is 0 Å². The summed E-state index contributed by atoms with van der Waals surface area (Å²) in [5.41, 5.74) is 0. The van der Waals surface area contributed by atoms with Gasteiger partial charge in [-0.1, -0.05) is 19.8 Å². The van der Waals surface area contributed by atoms with E-state index >= 15 is 0 Å². The van der Waals surface area contributed by atoms with Gasteiger partial charge in [0, 0.05) is 19.2 Å². The normalized spacial score (nSPS) is 28.3. The highest BCUT2D eigenvalue weighted by molar-refractivity contribution is 4.80. The van der Waals surface area contributed by atoms with Crippen LogP contribution in [0.5, 0.6) is 0 Å². The van der Waals surface area contributed by atoms with Crippen LogP contribution in [0.4, 0.5) is 0 Å². The van der Waals surface area contributed by atoms with E-state index in [1.807, 2.05) is 6.92 Å². The van der Waals surface area contributed by atoms with Gasteiger partial charge in [0.25, 0.3) is 0 Å². The summed E-state index contributed by atoms with van der Waals surface area (Å²) >= 11 is 0. The Bertz CT molecular complexity index is 187. The summed E-state index contributed by atoms with van der Waals surface area (Å²) in [4.78, 5) is 2.31. The number of aliphatic hydroxyl groups is 1. The number of hydrogen-bond acceptors (Lipinski definition) is 3. The second-order valence-corrected chi connectivity index (χ2v) is 5.08. The molecular weight excluding hydrogens is 202 g/mol. The molecule has 0 aromatic heterocycles. The molecule has 0 heterocycles. The van der Waals surface area contributed by atoms with Crippen LogP contribution in [-0.4, -0.2) is 49.0 Å². The van der Waals surface area contributed by atoms with Crippen LogP contribution < -0.4 is 0 Å². The molecule has 1 fully saturated rings. The Kier molecular flexibility index (Phi) is 6.32. The highest BCUT2D eigenvalue weighted by Crippen LogP contribution is 2.27. The van der Waals surface area contributed by atoms with E-state index in [0.717, 1.165) is 12.5 Å². The van der Waals surface area contributed by atoms with Gasteiger partial charge in [-0.3, -0.25) is 0 Å². The molecule has 1 aliphatic rings. The molecule has 0 aromatic rings. The molecule has 0 aromatic carbocycles. The molecule has 1 aliphatic carbocycles. The van der Waals surface area contributed by atoms with Crippen molar-refractivity contribution in [3.63, 3.8) is 0 Å². The van der Waals surface area contributed by atoms with Crippen molar-refractivity contribution in [3.8, 4) is 0 Å². The highest BCUT2D eigenvalue weighted by atomic mass is 16.5. The lowest BCUT2D eigenvalue weighted by Gasteiger charge is -2.37. The molecule has 3 heteroatoms. The summed E-state index contributed by atoms with van der Waals surface area (Å²) in [6.45, 7) is 6.16. The van der Waals surface area contributed by atoms with E-state index in [1.54, 1.807) is 0 Å². The van der Waals surface area contributed by atoms with Gasteiger partial charge in [0.05, 0.1) is 12.7 Å². The third kappa shape index (κ3) is 4.40. The molecule has 0 bridgehead atoms. The van der Waals surface area contributed by atoms with Crippen molar-refractivity contribution in [1.29, 1.82) is 0 Å². The molecule has 3 atom stereocenters. The van der Waals surface area contributed by atoms with Crippen molar-refractivity contribution in [2.24, 2.45) is 5.92 Å². The average Bonchev–Trinajstić information content (AvgIpc) is 2.26. The Morgan fingerprint density at radius 3 is 2.69 bits per heavy atom. The van der Waals surface area contributed by atoms with E-state index in [2.05, 4.69) is 18.9 Å². The Balaban J connectivity index is 2.29. The van der Waals surface area contributed by atoms with Crippen molar-refractivity contribution < 1.29 is 9.84 Å². The number of likely N-dealkylation sites (N-methyl/N-ethyl adjacent to an activating group) is 1. The monoisotopic (exact) mass is 229 g/mol. The lowest BCUT2D eigenvalue weighted by Crippen LogP contribution is -2.43. The Labute approximate surface area is 99.8 Å². The van der Waals surface area contributed by atoms with Crippen molar-refractivity contribution in [3.05, 3.63) is 0 Å². The minimum atomic E-state index is -0.348.